The third-order valence-corrected chi connectivity index (χ3v) is 4.18. The highest BCUT2D eigenvalue weighted by Gasteiger charge is 2.22. The summed E-state index contributed by atoms with van der Waals surface area (Å²) in [5, 5.41) is 13.5. The summed E-state index contributed by atoms with van der Waals surface area (Å²) < 4.78 is 5.40. The van der Waals surface area contributed by atoms with Crippen LogP contribution in [-0.2, 0) is 6.42 Å². The predicted octanol–water partition coefficient (Wildman–Crippen LogP) is 1.67. The van der Waals surface area contributed by atoms with Crippen molar-refractivity contribution in [3.8, 4) is 5.75 Å². The van der Waals surface area contributed by atoms with Crippen LogP contribution >= 0.6 is 0 Å². The van der Waals surface area contributed by atoms with E-state index < -0.39 is 0 Å². The van der Waals surface area contributed by atoms with E-state index in [1.54, 1.807) is 7.11 Å². The van der Waals surface area contributed by atoms with Gasteiger partial charge in [-0.1, -0.05) is 18.2 Å². The van der Waals surface area contributed by atoms with Crippen LogP contribution in [0.4, 0.5) is 0 Å². The standard InChI is InChI=1S/C17H28N2O2/c1-13(10-14-6-4-5-7-17(14)21-3)19(2)12-16(20)11-18-15-8-9-15/h4-7,13,15-16,18,20H,8-12H2,1-3H3. The van der Waals surface area contributed by atoms with Gasteiger partial charge in [0.1, 0.15) is 5.75 Å². The van der Waals surface area contributed by atoms with E-state index in [-0.39, 0.29) is 6.10 Å². The number of para-hydroxylation sites is 1. The van der Waals surface area contributed by atoms with Gasteiger partial charge in [-0.3, -0.25) is 0 Å². The molecule has 4 nitrogen and oxygen atoms in total. The summed E-state index contributed by atoms with van der Waals surface area (Å²) in [6.07, 6.45) is 3.12. The molecule has 0 radical (unpaired) electrons. The molecule has 2 rings (SSSR count). The van der Waals surface area contributed by atoms with Gasteiger partial charge in [-0.25, -0.2) is 0 Å². The van der Waals surface area contributed by atoms with E-state index in [1.165, 1.54) is 18.4 Å². The number of aliphatic hydroxyl groups excluding tert-OH is 1. The summed E-state index contributed by atoms with van der Waals surface area (Å²) in [6, 6.07) is 9.14. The van der Waals surface area contributed by atoms with Crippen molar-refractivity contribution in [1.29, 1.82) is 0 Å². The number of nitrogens with one attached hydrogen (secondary N) is 1. The molecular weight excluding hydrogens is 264 g/mol. The van der Waals surface area contributed by atoms with Crippen LogP contribution in [0.3, 0.4) is 0 Å². The molecule has 0 spiro atoms. The molecule has 0 amide bonds. The Labute approximate surface area is 128 Å². The zero-order valence-corrected chi connectivity index (χ0v) is 13.4. The van der Waals surface area contributed by atoms with E-state index in [2.05, 4.69) is 30.3 Å². The molecule has 21 heavy (non-hydrogen) atoms. The number of nitrogens with zero attached hydrogens (tertiary/aromatic N) is 1. The predicted molar refractivity (Wildman–Crippen MR) is 85.8 cm³/mol. The van der Waals surface area contributed by atoms with Crippen LogP contribution in [0.25, 0.3) is 0 Å². The average Bonchev–Trinajstić information content (AvgIpc) is 3.29. The van der Waals surface area contributed by atoms with Gasteiger partial charge in [-0.15, -0.1) is 0 Å². The first-order valence-corrected chi connectivity index (χ1v) is 7.83. The second kappa shape index (κ2) is 7.78. The number of methoxy groups -OCH3 is 1. The molecule has 1 saturated carbocycles. The maximum atomic E-state index is 10.1. The van der Waals surface area contributed by atoms with Gasteiger partial charge in [0, 0.05) is 25.2 Å². The van der Waals surface area contributed by atoms with Crippen molar-refractivity contribution in [2.45, 2.75) is 44.4 Å². The van der Waals surface area contributed by atoms with Gasteiger partial charge >= 0.3 is 0 Å². The van der Waals surface area contributed by atoms with Crippen LogP contribution in [0.1, 0.15) is 25.3 Å². The minimum absolute atomic E-state index is 0.310. The van der Waals surface area contributed by atoms with Crippen LogP contribution < -0.4 is 10.1 Å². The lowest BCUT2D eigenvalue weighted by Gasteiger charge is -2.27. The van der Waals surface area contributed by atoms with Crippen molar-refractivity contribution in [1.82, 2.24) is 10.2 Å². The molecule has 1 aliphatic carbocycles. The number of hydrogen-bond donors (Lipinski definition) is 2. The second-order valence-corrected chi connectivity index (χ2v) is 6.14. The Hall–Kier alpha value is -1.10. The SMILES string of the molecule is COc1ccccc1CC(C)N(C)CC(O)CNC1CC1. The molecule has 1 aromatic carbocycles. The van der Waals surface area contributed by atoms with E-state index >= 15 is 0 Å². The van der Waals surface area contributed by atoms with Gasteiger partial charge in [0.05, 0.1) is 13.2 Å². The lowest BCUT2D eigenvalue weighted by atomic mass is 10.0. The van der Waals surface area contributed by atoms with E-state index in [1.807, 2.05) is 18.2 Å². The number of likely N-dealkylation sites (N-methyl/N-ethyl adjacent to an activating group) is 1. The summed E-state index contributed by atoms with van der Waals surface area (Å²) >= 11 is 0. The topological polar surface area (TPSA) is 44.7 Å². The highest BCUT2D eigenvalue weighted by atomic mass is 16.5. The Kier molecular flexibility index (Phi) is 6.03. The van der Waals surface area contributed by atoms with Crippen molar-refractivity contribution in [3.05, 3.63) is 29.8 Å². The molecule has 2 N–H and O–H groups in total. The maximum Gasteiger partial charge on any atom is 0.122 e. The van der Waals surface area contributed by atoms with Crippen LogP contribution in [0, 0.1) is 0 Å². The van der Waals surface area contributed by atoms with Gasteiger partial charge in [0.25, 0.3) is 0 Å². The van der Waals surface area contributed by atoms with Gasteiger partial charge in [0.15, 0.2) is 0 Å². The number of rotatable bonds is 9. The first-order valence-electron chi connectivity index (χ1n) is 7.83. The molecule has 118 valence electrons. The van der Waals surface area contributed by atoms with Crippen molar-refractivity contribution in [3.63, 3.8) is 0 Å². The first kappa shape index (κ1) is 16.3. The van der Waals surface area contributed by atoms with Crippen LogP contribution in [0.5, 0.6) is 5.75 Å². The number of benzene rings is 1. The van der Waals surface area contributed by atoms with Crippen molar-refractivity contribution in [2.24, 2.45) is 0 Å². The van der Waals surface area contributed by atoms with Crippen molar-refractivity contribution >= 4 is 0 Å². The highest BCUT2D eigenvalue weighted by molar-refractivity contribution is 5.33. The van der Waals surface area contributed by atoms with Crippen molar-refractivity contribution < 1.29 is 9.84 Å². The molecule has 0 bridgehead atoms. The van der Waals surface area contributed by atoms with Crippen LogP contribution in [0.15, 0.2) is 24.3 Å². The highest BCUT2D eigenvalue weighted by Crippen LogP contribution is 2.20. The minimum atomic E-state index is -0.310. The van der Waals surface area contributed by atoms with Crippen molar-refractivity contribution in [2.75, 3.05) is 27.2 Å². The first-order chi connectivity index (χ1) is 10.1. The summed E-state index contributed by atoms with van der Waals surface area (Å²) in [5.41, 5.74) is 1.21. The molecule has 0 heterocycles. The number of aliphatic hydroxyl groups is 1. The Morgan fingerprint density at radius 2 is 2.10 bits per heavy atom. The molecule has 4 heteroatoms. The van der Waals surface area contributed by atoms with E-state index in [0.717, 1.165) is 12.2 Å². The molecule has 0 aromatic heterocycles. The molecular formula is C17H28N2O2. The second-order valence-electron chi connectivity index (χ2n) is 6.14. The Morgan fingerprint density at radius 3 is 2.76 bits per heavy atom. The zero-order chi connectivity index (χ0) is 15.2. The number of ether oxygens (including phenoxy) is 1. The monoisotopic (exact) mass is 292 g/mol. The summed E-state index contributed by atoms with van der Waals surface area (Å²) in [5.74, 6) is 0.939. The maximum absolute atomic E-state index is 10.1. The minimum Gasteiger partial charge on any atom is -0.496 e. The smallest absolute Gasteiger partial charge is 0.122 e. The molecule has 2 unspecified atom stereocenters. The van der Waals surface area contributed by atoms with E-state index in [9.17, 15) is 5.11 Å². The Balaban J connectivity index is 1.79. The van der Waals surface area contributed by atoms with Crippen LogP contribution in [0.2, 0.25) is 0 Å². The molecule has 0 saturated heterocycles. The molecule has 2 atom stereocenters. The van der Waals surface area contributed by atoms with Gasteiger partial charge in [-0.05, 0) is 44.9 Å². The average molecular weight is 292 g/mol. The quantitative estimate of drug-likeness (QED) is 0.727. The third kappa shape index (κ3) is 5.30. The largest absolute Gasteiger partial charge is 0.496 e. The fourth-order valence-corrected chi connectivity index (χ4v) is 2.51. The fourth-order valence-electron chi connectivity index (χ4n) is 2.51. The third-order valence-electron chi connectivity index (χ3n) is 4.18. The van der Waals surface area contributed by atoms with Gasteiger partial charge < -0.3 is 20.1 Å². The van der Waals surface area contributed by atoms with Crippen LogP contribution in [-0.4, -0.2) is 55.4 Å². The zero-order valence-electron chi connectivity index (χ0n) is 13.4. The number of hydrogen-bond acceptors (Lipinski definition) is 4. The van der Waals surface area contributed by atoms with E-state index in [0.29, 0.717) is 25.2 Å². The molecule has 1 aliphatic rings. The normalized spacial score (nSPS) is 17.8. The Bertz CT molecular complexity index is 435. The van der Waals surface area contributed by atoms with Gasteiger partial charge in [-0.2, -0.15) is 0 Å². The van der Waals surface area contributed by atoms with E-state index in [4.69, 9.17) is 4.74 Å². The molecule has 0 aliphatic heterocycles. The lowest BCUT2D eigenvalue weighted by molar-refractivity contribution is 0.106. The Morgan fingerprint density at radius 1 is 1.38 bits per heavy atom. The van der Waals surface area contributed by atoms with Gasteiger partial charge in [0.2, 0.25) is 0 Å². The summed E-state index contributed by atoms with van der Waals surface area (Å²) in [4.78, 5) is 2.21. The molecule has 1 aromatic rings. The lowest BCUT2D eigenvalue weighted by Crippen LogP contribution is -2.41. The molecule has 1 fully saturated rings. The summed E-state index contributed by atoms with van der Waals surface area (Å²) in [6.45, 7) is 3.57. The fraction of sp³-hybridized carbons (Fsp3) is 0.647. The summed E-state index contributed by atoms with van der Waals surface area (Å²) in [7, 11) is 3.78.